The molecule has 2 saturated heterocycles. The predicted octanol–water partition coefficient (Wildman–Crippen LogP) is 3.67. The van der Waals surface area contributed by atoms with Gasteiger partial charge in [0, 0.05) is 25.2 Å². The first-order valence-corrected chi connectivity index (χ1v) is 10.5. The molecule has 0 bridgehead atoms. The number of amides is 2. The van der Waals surface area contributed by atoms with E-state index in [9.17, 15) is 9.59 Å². The Balaban J connectivity index is 1.34. The third kappa shape index (κ3) is 4.00. The van der Waals surface area contributed by atoms with Gasteiger partial charge < -0.3 is 14.5 Å². The minimum atomic E-state index is 0.0996. The van der Waals surface area contributed by atoms with E-state index < -0.39 is 0 Å². The maximum absolute atomic E-state index is 12.6. The summed E-state index contributed by atoms with van der Waals surface area (Å²) in [7, 11) is 0. The number of hydrogen-bond acceptors (Lipinski definition) is 4. The van der Waals surface area contributed by atoms with E-state index >= 15 is 0 Å². The second kappa shape index (κ2) is 8.13. The Morgan fingerprint density at radius 2 is 1.78 bits per heavy atom. The summed E-state index contributed by atoms with van der Waals surface area (Å²) in [6.07, 6.45) is 4.15. The number of hydrogen-bond donors (Lipinski definition) is 0. The molecule has 6 heteroatoms. The Labute approximate surface area is 163 Å². The number of benzene rings is 1. The number of nitrogens with zero attached hydrogens (tertiary/aromatic N) is 2. The van der Waals surface area contributed by atoms with Crippen LogP contribution < -0.4 is 4.74 Å². The van der Waals surface area contributed by atoms with Gasteiger partial charge in [-0.15, -0.1) is 11.3 Å². The monoisotopic (exact) mass is 384 g/mol. The Morgan fingerprint density at radius 1 is 1.00 bits per heavy atom. The van der Waals surface area contributed by atoms with E-state index in [1.54, 1.807) is 0 Å². The van der Waals surface area contributed by atoms with Crippen molar-refractivity contribution >= 4 is 23.2 Å². The van der Waals surface area contributed by atoms with Gasteiger partial charge >= 0.3 is 0 Å². The van der Waals surface area contributed by atoms with Gasteiger partial charge in [0.05, 0.1) is 10.9 Å². The van der Waals surface area contributed by atoms with Crippen LogP contribution >= 0.6 is 11.3 Å². The lowest BCUT2D eigenvalue weighted by molar-refractivity contribution is 0.0695. The molecule has 1 atom stereocenters. The second-order valence-corrected chi connectivity index (χ2v) is 8.05. The van der Waals surface area contributed by atoms with Gasteiger partial charge in [-0.1, -0.05) is 6.07 Å². The van der Waals surface area contributed by atoms with Crippen molar-refractivity contribution in [1.82, 2.24) is 9.80 Å². The number of ether oxygens (including phenoxy) is 1. The second-order valence-electron chi connectivity index (χ2n) is 7.11. The molecule has 0 spiro atoms. The van der Waals surface area contributed by atoms with Crippen LogP contribution in [0.2, 0.25) is 0 Å². The number of likely N-dealkylation sites (tertiary alicyclic amines) is 2. The van der Waals surface area contributed by atoms with Crippen LogP contribution in [-0.4, -0.2) is 53.9 Å². The van der Waals surface area contributed by atoms with Gasteiger partial charge in [0.1, 0.15) is 12.4 Å². The molecule has 2 aliphatic heterocycles. The van der Waals surface area contributed by atoms with E-state index in [4.69, 9.17) is 4.74 Å². The van der Waals surface area contributed by atoms with Crippen molar-refractivity contribution in [2.24, 2.45) is 0 Å². The smallest absolute Gasteiger partial charge is 0.264 e. The summed E-state index contributed by atoms with van der Waals surface area (Å²) >= 11 is 1.48. The quantitative estimate of drug-likeness (QED) is 0.790. The topological polar surface area (TPSA) is 49.9 Å². The number of thiophene rings is 1. The molecule has 0 unspecified atom stereocenters. The van der Waals surface area contributed by atoms with E-state index in [0.29, 0.717) is 12.2 Å². The molecule has 142 valence electrons. The summed E-state index contributed by atoms with van der Waals surface area (Å²) in [5.41, 5.74) is 0.708. The first kappa shape index (κ1) is 18.0. The fraction of sp³-hybridized carbons (Fsp3) is 0.429. The third-order valence-corrected chi connectivity index (χ3v) is 6.16. The average molecular weight is 385 g/mol. The highest BCUT2D eigenvalue weighted by molar-refractivity contribution is 7.12. The zero-order chi connectivity index (χ0) is 18.6. The normalized spacial score (nSPS) is 19.5. The minimum Gasteiger partial charge on any atom is -0.491 e. The molecule has 2 aromatic rings. The summed E-state index contributed by atoms with van der Waals surface area (Å²) in [4.78, 5) is 29.6. The van der Waals surface area contributed by atoms with Crippen LogP contribution in [0.1, 0.15) is 45.7 Å². The standard InChI is InChI=1S/C21H24N2O3S/c24-20(22-11-1-2-12-22)16-7-9-18(10-8-16)26-15-17-5-3-13-23(17)21(25)19-6-4-14-27-19/h4,6-10,14,17H,1-3,5,11-13,15H2/t17-/m0/s1. The van der Waals surface area contributed by atoms with Crippen molar-refractivity contribution in [1.29, 1.82) is 0 Å². The maximum atomic E-state index is 12.6. The molecule has 2 aliphatic rings. The molecule has 3 heterocycles. The molecule has 0 saturated carbocycles. The highest BCUT2D eigenvalue weighted by Crippen LogP contribution is 2.23. The van der Waals surface area contributed by atoms with Crippen molar-refractivity contribution in [3.05, 3.63) is 52.2 Å². The molecular formula is C21H24N2O3S. The maximum Gasteiger partial charge on any atom is 0.264 e. The molecular weight excluding hydrogens is 360 g/mol. The van der Waals surface area contributed by atoms with Gasteiger partial charge in [0.25, 0.3) is 11.8 Å². The fourth-order valence-electron chi connectivity index (χ4n) is 3.81. The number of carbonyl (C=O) groups excluding carboxylic acids is 2. The van der Waals surface area contributed by atoms with Crippen molar-refractivity contribution < 1.29 is 14.3 Å². The van der Waals surface area contributed by atoms with Gasteiger partial charge in [0.15, 0.2) is 0 Å². The van der Waals surface area contributed by atoms with Gasteiger partial charge in [-0.3, -0.25) is 9.59 Å². The Hall–Kier alpha value is -2.34. The Bertz CT molecular complexity index is 782. The summed E-state index contributed by atoms with van der Waals surface area (Å²) in [6, 6.07) is 11.3. The van der Waals surface area contributed by atoms with E-state index in [1.807, 2.05) is 51.6 Å². The molecule has 27 heavy (non-hydrogen) atoms. The van der Waals surface area contributed by atoms with E-state index in [1.165, 1.54) is 11.3 Å². The molecule has 5 nitrogen and oxygen atoms in total. The molecule has 4 rings (SSSR count). The van der Waals surface area contributed by atoms with Crippen LogP contribution in [0.5, 0.6) is 5.75 Å². The van der Waals surface area contributed by atoms with Crippen molar-refractivity contribution in [3.8, 4) is 5.75 Å². The highest BCUT2D eigenvalue weighted by atomic mass is 32.1. The van der Waals surface area contributed by atoms with Gasteiger partial charge in [-0.2, -0.15) is 0 Å². The molecule has 0 aliphatic carbocycles. The summed E-state index contributed by atoms with van der Waals surface area (Å²) in [5, 5.41) is 1.93. The minimum absolute atomic E-state index is 0.0996. The molecule has 2 amide bonds. The van der Waals surface area contributed by atoms with Crippen LogP contribution in [0.4, 0.5) is 0 Å². The lowest BCUT2D eigenvalue weighted by Gasteiger charge is -2.24. The van der Waals surface area contributed by atoms with Crippen molar-refractivity contribution in [2.45, 2.75) is 31.7 Å². The Morgan fingerprint density at radius 3 is 2.48 bits per heavy atom. The molecule has 0 radical (unpaired) electrons. The van der Waals surface area contributed by atoms with Crippen LogP contribution in [0.15, 0.2) is 41.8 Å². The van der Waals surface area contributed by atoms with Gasteiger partial charge in [-0.05, 0) is 61.4 Å². The van der Waals surface area contributed by atoms with Crippen LogP contribution in [0.3, 0.4) is 0 Å². The summed E-state index contributed by atoms with van der Waals surface area (Å²) < 4.78 is 5.93. The molecule has 2 fully saturated rings. The first-order valence-electron chi connectivity index (χ1n) is 9.59. The lowest BCUT2D eigenvalue weighted by atomic mass is 10.2. The average Bonchev–Trinajstić information content (AvgIpc) is 3.48. The number of rotatable bonds is 5. The van der Waals surface area contributed by atoms with Crippen LogP contribution in [-0.2, 0) is 0 Å². The van der Waals surface area contributed by atoms with Crippen molar-refractivity contribution in [3.63, 3.8) is 0 Å². The van der Waals surface area contributed by atoms with Gasteiger partial charge in [-0.25, -0.2) is 0 Å². The third-order valence-electron chi connectivity index (χ3n) is 5.31. The highest BCUT2D eigenvalue weighted by Gasteiger charge is 2.30. The zero-order valence-electron chi connectivity index (χ0n) is 15.3. The van der Waals surface area contributed by atoms with Gasteiger partial charge in [0.2, 0.25) is 0 Å². The summed E-state index contributed by atoms with van der Waals surface area (Å²) in [5.74, 6) is 0.939. The summed E-state index contributed by atoms with van der Waals surface area (Å²) in [6.45, 7) is 2.98. The molecule has 1 aromatic heterocycles. The molecule has 1 aromatic carbocycles. The fourth-order valence-corrected chi connectivity index (χ4v) is 4.49. The molecule has 0 N–H and O–H groups in total. The largest absolute Gasteiger partial charge is 0.491 e. The number of carbonyl (C=O) groups is 2. The first-order chi connectivity index (χ1) is 13.2. The predicted molar refractivity (Wildman–Crippen MR) is 105 cm³/mol. The van der Waals surface area contributed by atoms with Crippen LogP contribution in [0, 0.1) is 0 Å². The lowest BCUT2D eigenvalue weighted by Crippen LogP contribution is -2.38. The SMILES string of the molecule is O=C(c1ccc(OC[C@@H]2CCCN2C(=O)c2cccs2)cc1)N1CCCC1. The van der Waals surface area contributed by atoms with E-state index in [-0.39, 0.29) is 17.9 Å². The van der Waals surface area contributed by atoms with E-state index in [0.717, 1.165) is 55.9 Å². The Kier molecular flexibility index (Phi) is 5.43. The van der Waals surface area contributed by atoms with E-state index in [2.05, 4.69) is 0 Å². The zero-order valence-corrected chi connectivity index (χ0v) is 16.1. The van der Waals surface area contributed by atoms with Crippen molar-refractivity contribution in [2.75, 3.05) is 26.2 Å². The van der Waals surface area contributed by atoms with Crippen LogP contribution in [0.25, 0.3) is 0 Å².